The first-order valence-corrected chi connectivity index (χ1v) is 12.8. The fourth-order valence-electron chi connectivity index (χ4n) is 4.82. The van der Waals surface area contributed by atoms with E-state index in [2.05, 4.69) is 27.9 Å². The highest BCUT2D eigenvalue weighted by atomic mass is 16.5. The summed E-state index contributed by atoms with van der Waals surface area (Å²) in [5, 5.41) is 11.2. The van der Waals surface area contributed by atoms with E-state index in [9.17, 15) is 9.59 Å². The molecule has 4 heterocycles. The summed E-state index contributed by atoms with van der Waals surface area (Å²) in [4.78, 5) is 30.9. The van der Waals surface area contributed by atoms with E-state index >= 15 is 0 Å². The highest BCUT2D eigenvalue weighted by molar-refractivity contribution is 6.12. The van der Waals surface area contributed by atoms with E-state index in [0.29, 0.717) is 42.8 Å². The number of nitrogens with one attached hydrogen (secondary N) is 2. The van der Waals surface area contributed by atoms with Gasteiger partial charge in [0.15, 0.2) is 5.69 Å². The van der Waals surface area contributed by atoms with Crippen molar-refractivity contribution in [2.24, 2.45) is 7.05 Å². The SMILES string of the molecule is COC(=O)c1c(NC(=O)C2CCCO2)c2cc(NCc3cnn(C)c3)cnc2n1CCCc1ccccc1. The second kappa shape index (κ2) is 11.5. The third-order valence-electron chi connectivity index (χ3n) is 6.69. The monoisotopic (exact) mass is 516 g/mol. The Hall–Kier alpha value is -4.18. The number of amides is 1. The second-order valence-corrected chi connectivity index (χ2v) is 9.42. The van der Waals surface area contributed by atoms with Crippen LogP contribution < -0.4 is 10.6 Å². The molecule has 1 atom stereocenters. The van der Waals surface area contributed by atoms with E-state index in [1.807, 2.05) is 42.1 Å². The van der Waals surface area contributed by atoms with Gasteiger partial charge in [-0.25, -0.2) is 9.78 Å². The molecule has 0 aliphatic carbocycles. The average molecular weight is 517 g/mol. The molecule has 1 saturated heterocycles. The highest BCUT2D eigenvalue weighted by Crippen LogP contribution is 2.34. The summed E-state index contributed by atoms with van der Waals surface area (Å²) in [6.45, 7) is 1.63. The van der Waals surface area contributed by atoms with Gasteiger partial charge in [0.25, 0.3) is 5.91 Å². The quantitative estimate of drug-likeness (QED) is 0.307. The van der Waals surface area contributed by atoms with Gasteiger partial charge in [-0.2, -0.15) is 5.10 Å². The minimum Gasteiger partial charge on any atom is -0.464 e. The lowest BCUT2D eigenvalue weighted by Gasteiger charge is -2.13. The minimum absolute atomic E-state index is 0.273. The van der Waals surface area contributed by atoms with E-state index in [4.69, 9.17) is 14.5 Å². The third kappa shape index (κ3) is 5.55. The zero-order valence-corrected chi connectivity index (χ0v) is 21.6. The van der Waals surface area contributed by atoms with Crippen LogP contribution >= 0.6 is 0 Å². The molecule has 1 amide bonds. The number of fused-ring (bicyclic) bond motifs is 1. The smallest absolute Gasteiger partial charge is 0.356 e. The Bertz CT molecular complexity index is 1420. The van der Waals surface area contributed by atoms with Crippen molar-refractivity contribution in [3.8, 4) is 0 Å². The number of benzene rings is 1. The first-order valence-electron chi connectivity index (χ1n) is 12.8. The topological polar surface area (TPSA) is 112 Å². The van der Waals surface area contributed by atoms with Crippen LogP contribution in [0.25, 0.3) is 11.0 Å². The number of aromatic nitrogens is 4. The summed E-state index contributed by atoms with van der Waals surface area (Å²) >= 11 is 0. The van der Waals surface area contributed by atoms with Crippen LogP contribution in [0.15, 0.2) is 55.0 Å². The lowest BCUT2D eigenvalue weighted by Crippen LogP contribution is -2.28. The first-order chi connectivity index (χ1) is 18.5. The van der Waals surface area contributed by atoms with Crippen LogP contribution in [0.4, 0.5) is 11.4 Å². The molecular weight excluding hydrogens is 484 g/mol. The molecule has 1 aliphatic heterocycles. The van der Waals surface area contributed by atoms with Gasteiger partial charge in [0, 0.05) is 43.9 Å². The molecule has 1 unspecified atom stereocenters. The number of carbonyl (C=O) groups excluding carboxylic acids is 2. The van der Waals surface area contributed by atoms with E-state index in [-0.39, 0.29) is 11.6 Å². The molecule has 1 fully saturated rings. The summed E-state index contributed by atoms with van der Waals surface area (Å²) in [7, 11) is 3.21. The van der Waals surface area contributed by atoms with Gasteiger partial charge in [-0.15, -0.1) is 0 Å². The summed E-state index contributed by atoms with van der Waals surface area (Å²) in [6.07, 6.45) is 8.01. The number of hydrogen-bond donors (Lipinski definition) is 2. The van der Waals surface area contributed by atoms with Gasteiger partial charge in [0.05, 0.1) is 30.9 Å². The number of ether oxygens (including phenoxy) is 2. The third-order valence-corrected chi connectivity index (χ3v) is 6.69. The summed E-state index contributed by atoms with van der Waals surface area (Å²) in [5.74, 6) is -0.806. The van der Waals surface area contributed by atoms with Crippen LogP contribution in [0.2, 0.25) is 0 Å². The summed E-state index contributed by atoms with van der Waals surface area (Å²) in [6, 6.07) is 12.1. The predicted molar refractivity (Wildman–Crippen MR) is 144 cm³/mol. The van der Waals surface area contributed by atoms with Gasteiger partial charge < -0.3 is 24.7 Å². The standard InChI is InChI=1S/C28H32N6O4/c1-33-18-20(16-31-33)15-29-21-14-22-24(32-27(35)23-11-7-13-38-23)25(28(36)37-2)34(26(22)30-17-21)12-6-10-19-8-4-3-5-9-19/h3-5,8-9,14,16-18,23,29H,6-7,10-13,15H2,1-2H3,(H,32,35). The van der Waals surface area contributed by atoms with E-state index in [1.54, 1.807) is 17.1 Å². The molecule has 0 radical (unpaired) electrons. The Labute approximate surface area is 220 Å². The van der Waals surface area contributed by atoms with Crippen LogP contribution in [0, 0.1) is 0 Å². The van der Waals surface area contributed by atoms with E-state index in [1.165, 1.54) is 12.7 Å². The van der Waals surface area contributed by atoms with Crippen molar-refractivity contribution in [3.63, 3.8) is 0 Å². The lowest BCUT2D eigenvalue weighted by molar-refractivity contribution is -0.124. The van der Waals surface area contributed by atoms with Gasteiger partial charge >= 0.3 is 5.97 Å². The van der Waals surface area contributed by atoms with Gasteiger partial charge in [0.2, 0.25) is 0 Å². The number of anilines is 2. The zero-order valence-electron chi connectivity index (χ0n) is 21.6. The molecule has 0 spiro atoms. The number of methoxy groups -OCH3 is 1. The first kappa shape index (κ1) is 25.5. The van der Waals surface area contributed by atoms with Crippen LogP contribution in [-0.2, 0) is 40.8 Å². The lowest BCUT2D eigenvalue weighted by atomic mass is 10.1. The molecule has 3 aromatic heterocycles. The average Bonchev–Trinajstić information content (AvgIpc) is 3.68. The molecule has 5 rings (SSSR count). The number of carbonyl (C=O) groups is 2. The fourth-order valence-corrected chi connectivity index (χ4v) is 4.82. The number of aryl methyl sites for hydroxylation is 3. The van der Waals surface area contributed by atoms with Crippen LogP contribution in [0.1, 0.15) is 40.9 Å². The highest BCUT2D eigenvalue weighted by Gasteiger charge is 2.30. The number of nitrogens with zero attached hydrogens (tertiary/aromatic N) is 4. The Balaban J connectivity index is 1.50. The number of hydrogen-bond acceptors (Lipinski definition) is 7. The van der Waals surface area contributed by atoms with E-state index < -0.39 is 12.1 Å². The maximum atomic E-state index is 13.1. The largest absolute Gasteiger partial charge is 0.464 e. The van der Waals surface area contributed by atoms with Crippen molar-refractivity contribution in [3.05, 3.63) is 71.8 Å². The molecule has 198 valence electrons. The number of rotatable bonds is 10. The van der Waals surface area contributed by atoms with Gasteiger partial charge in [-0.3, -0.25) is 9.48 Å². The van der Waals surface area contributed by atoms with Crippen molar-refractivity contribution < 1.29 is 19.1 Å². The Kier molecular flexibility index (Phi) is 7.69. The van der Waals surface area contributed by atoms with Crippen molar-refractivity contribution in [2.75, 3.05) is 24.4 Å². The number of esters is 1. The van der Waals surface area contributed by atoms with Crippen LogP contribution in [-0.4, -0.2) is 51.0 Å². The summed E-state index contributed by atoms with van der Waals surface area (Å²) in [5.41, 5.74) is 4.27. The Morgan fingerprint density at radius 1 is 1.18 bits per heavy atom. The molecule has 10 nitrogen and oxygen atoms in total. The van der Waals surface area contributed by atoms with Gasteiger partial charge in [-0.1, -0.05) is 30.3 Å². The zero-order chi connectivity index (χ0) is 26.5. The van der Waals surface area contributed by atoms with Crippen molar-refractivity contribution in [1.82, 2.24) is 19.3 Å². The maximum absolute atomic E-state index is 13.1. The normalized spacial score (nSPS) is 15.1. The molecular formula is C28H32N6O4. The molecule has 1 aliphatic rings. The molecule has 10 heteroatoms. The van der Waals surface area contributed by atoms with Crippen LogP contribution in [0.5, 0.6) is 0 Å². The molecule has 0 bridgehead atoms. The minimum atomic E-state index is -0.545. The molecule has 4 aromatic rings. The summed E-state index contributed by atoms with van der Waals surface area (Å²) < 4.78 is 14.3. The van der Waals surface area contributed by atoms with Crippen molar-refractivity contribution in [2.45, 2.75) is 44.9 Å². The second-order valence-electron chi connectivity index (χ2n) is 9.42. The van der Waals surface area contributed by atoms with Crippen molar-refractivity contribution >= 4 is 34.3 Å². The van der Waals surface area contributed by atoms with Gasteiger partial charge in [-0.05, 0) is 37.3 Å². The molecule has 38 heavy (non-hydrogen) atoms. The Morgan fingerprint density at radius 3 is 2.74 bits per heavy atom. The number of pyridine rings is 1. The van der Waals surface area contributed by atoms with Gasteiger partial charge in [0.1, 0.15) is 11.8 Å². The van der Waals surface area contributed by atoms with Crippen molar-refractivity contribution in [1.29, 1.82) is 0 Å². The Morgan fingerprint density at radius 2 is 2.03 bits per heavy atom. The maximum Gasteiger partial charge on any atom is 0.356 e. The predicted octanol–water partition coefficient (Wildman–Crippen LogP) is 3.92. The van der Waals surface area contributed by atoms with E-state index in [0.717, 1.165) is 30.5 Å². The molecule has 1 aromatic carbocycles. The fraction of sp³-hybridized carbons (Fsp3) is 0.357. The molecule has 0 saturated carbocycles. The molecule has 2 N–H and O–H groups in total. The van der Waals surface area contributed by atoms with Crippen LogP contribution in [0.3, 0.4) is 0 Å².